The lowest BCUT2D eigenvalue weighted by Gasteiger charge is -2.48. The van der Waals surface area contributed by atoms with Crippen molar-refractivity contribution in [2.24, 2.45) is 5.92 Å². The van der Waals surface area contributed by atoms with Crippen LogP contribution in [0, 0.1) is 5.92 Å². The second-order valence-corrected chi connectivity index (χ2v) is 6.27. The van der Waals surface area contributed by atoms with E-state index in [0.717, 1.165) is 12.5 Å². The molecule has 0 radical (unpaired) electrons. The molecule has 100 valence electrons. The molecule has 0 unspecified atom stereocenters. The van der Waals surface area contributed by atoms with E-state index in [1.54, 1.807) is 0 Å². The zero-order chi connectivity index (χ0) is 13.2. The molecule has 0 saturated heterocycles. The van der Waals surface area contributed by atoms with Gasteiger partial charge in [-0.1, -0.05) is 51.5 Å². The predicted molar refractivity (Wildman–Crippen MR) is 79.2 cm³/mol. The molecule has 0 atom stereocenters. The molecule has 1 aromatic carbocycles. The molecule has 1 heteroatoms. The van der Waals surface area contributed by atoms with Gasteiger partial charge in [0.05, 0.1) is 0 Å². The molecule has 0 spiro atoms. The van der Waals surface area contributed by atoms with Crippen molar-refractivity contribution in [1.82, 2.24) is 5.32 Å². The Morgan fingerprint density at radius 2 is 1.83 bits per heavy atom. The first-order valence-corrected chi connectivity index (χ1v) is 7.36. The molecule has 1 fully saturated rings. The number of rotatable bonds is 5. The molecule has 2 rings (SSSR count). The first-order valence-electron chi connectivity index (χ1n) is 7.36. The summed E-state index contributed by atoms with van der Waals surface area (Å²) < 4.78 is 0. The maximum absolute atomic E-state index is 3.39. The third-order valence-electron chi connectivity index (χ3n) is 4.64. The summed E-state index contributed by atoms with van der Waals surface area (Å²) in [7, 11) is 2.07. The van der Waals surface area contributed by atoms with Crippen LogP contribution in [0.15, 0.2) is 24.3 Å². The van der Waals surface area contributed by atoms with E-state index >= 15 is 0 Å². The molecule has 1 nitrogen and oxygen atoms in total. The molecular weight excluding hydrogens is 218 g/mol. The zero-order valence-electron chi connectivity index (χ0n) is 12.3. The lowest BCUT2D eigenvalue weighted by molar-refractivity contribution is 0.136. The summed E-state index contributed by atoms with van der Waals surface area (Å²) >= 11 is 0. The van der Waals surface area contributed by atoms with Gasteiger partial charge in [-0.25, -0.2) is 0 Å². The summed E-state index contributed by atoms with van der Waals surface area (Å²) in [5.41, 5.74) is 3.39. The van der Waals surface area contributed by atoms with E-state index in [0.29, 0.717) is 11.3 Å². The van der Waals surface area contributed by atoms with E-state index in [9.17, 15) is 0 Å². The normalized spacial score (nSPS) is 27.3. The van der Waals surface area contributed by atoms with Crippen molar-refractivity contribution in [2.45, 2.75) is 51.4 Å². The van der Waals surface area contributed by atoms with Gasteiger partial charge in [-0.15, -0.1) is 0 Å². The third kappa shape index (κ3) is 2.47. The minimum Gasteiger partial charge on any atom is -0.319 e. The Hall–Kier alpha value is -0.820. The highest BCUT2D eigenvalue weighted by Crippen LogP contribution is 2.48. The van der Waals surface area contributed by atoms with Crippen molar-refractivity contribution in [3.63, 3.8) is 0 Å². The maximum atomic E-state index is 3.39. The molecule has 1 saturated carbocycles. The topological polar surface area (TPSA) is 12.0 Å². The van der Waals surface area contributed by atoms with Crippen LogP contribution in [0.1, 0.15) is 57.1 Å². The van der Waals surface area contributed by atoms with Gasteiger partial charge in [0.15, 0.2) is 0 Å². The van der Waals surface area contributed by atoms with E-state index in [2.05, 4.69) is 57.4 Å². The van der Waals surface area contributed by atoms with Gasteiger partial charge in [-0.3, -0.25) is 0 Å². The molecular formula is C17H27N. The average molecular weight is 245 g/mol. The molecule has 0 aromatic heterocycles. The molecule has 1 N–H and O–H groups in total. The highest BCUT2D eigenvalue weighted by molar-refractivity contribution is 5.33. The Balaban J connectivity index is 2.17. The van der Waals surface area contributed by atoms with Gasteiger partial charge in [-0.2, -0.15) is 0 Å². The Bertz CT molecular complexity index is 371. The Labute approximate surface area is 112 Å². The fraction of sp³-hybridized carbons (Fsp3) is 0.647. The van der Waals surface area contributed by atoms with Crippen LogP contribution >= 0.6 is 0 Å². The number of hydrogen-bond acceptors (Lipinski definition) is 1. The quantitative estimate of drug-likeness (QED) is 0.824. The summed E-state index contributed by atoms with van der Waals surface area (Å²) in [5.74, 6) is 1.56. The smallest absolute Gasteiger partial charge is 0.00829 e. The molecule has 0 bridgehead atoms. The van der Waals surface area contributed by atoms with Crippen LogP contribution in [0.2, 0.25) is 0 Å². The van der Waals surface area contributed by atoms with E-state index < -0.39 is 0 Å². The van der Waals surface area contributed by atoms with Crippen molar-refractivity contribution < 1.29 is 0 Å². The fourth-order valence-electron chi connectivity index (χ4n) is 3.38. The lowest BCUT2D eigenvalue weighted by atomic mass is 9.58. The summed E-state index contributed by atoms with van der Waals surface area (Å²) in [5, 5.41) is 3.39. The summed E-state index contributed by atoms with van der Waals surface area (Å²) in [6, 6.07) is 9.35. The predicted octanol–water partition coefficient (Wildman–Crippen LogP) is 4.09. The molecule has 1 aliphatic carbocycles. The standard InChI is InChI=1S/C17H27N/c1-5-14-10-17(11-14,12-18-4)16-8-6-15(7-9-16)13(2)3/h6-9,13-14,18H,5,10-12H2,1-4H3. The van der Waals surface area contributed by atoms with Crippen molar-refractivity contribution in [3.8, 4) is 0 Å². The van der Waals surface area contributed by atoms with Crippen LogP contribution in [0.4, 0.5) is 0 Å². The minimum absolute atomic E-state index is 0.408. The van der Waals surface area contributed by atoms with Crippen molar-refractivity contribution in [3.05, 3.63) is 35.4 Å². The van der Waals surface area contributed by atoms with E-state index in [-0.39, 0.29) is 0 Å². The highest BCUT2D eigenvalue weighted by atomic mass is 14.8. The SMILES string of the molecule is CCC1CC(CNC)(c2ccc(C(C)C)cc2)C1. The largest absolute Gasteiger partial charge is 0.319 e. The summed E-state index contributed by atoms with van der Waals surface area (Å²) in [4.78, 5) is 0. The van der Waals surface area contributed by atoms with Crippen LogP contribution in [-0.2, 0) is 5.41 Å². The van der Waals surface area contributed by atoms with Gasteiger partial charge in [0.25, 0.3) is 0 Å². The first-order chi connectivity index (χ1) is 8.61. The van der Waals surface area contributed by atoms with Crippen LogP contribution in [0.3, 0.4) is 0 Å². The molecule has 18 heavy (non-hydrogen) atoms. The van der Waals surface area contributed by atoms with Crippen LogP contribution in [0.5, 0.6) is 0 Å². The van der Waals surface area contributed by atoms with Gasteiger partial charge in [0, 0.05) is 12.0 Å². The van der Waals surface area contributed by atoms with Gasteiger partial charge in [0.1, 0.15) is 0 Å². The van der Waals surface area contributed by atoms with Crippen molar-refractivity contribution >= 4 is 0 Å². The Morgan fingerprint density at radius 3 is 2.28 bits per heavy atom. The van der Waals surface area contributed by atoms with E-state index in [4.69, 9.17) is 0 Å². The van der Waals surface area contributed by atoms with E-state index in [1.807, 2.05) is 0 Å². The maximum Gasteiger partial charge on any atom is 0.00829 e. The molecule has 0 aliphatic heterocycles. The second kappa shape index (κ2) is 5.44. The summed E-state index contributed by atoms with van der Waals surface area (Å²) in [6.07, 6.45) is 4.03. The van der Waals surface area contributed by atoms with Crippen LogP contribution in [-0.4, -0.2) is 13.6 Å². The average Bonchev–Trinajstić information content (AvgIpc) is 2.33. The Morgan fingerprint density at radius 1 is 1.22 bits per heavy atom. The highest BCUT2D eigenvalue weighted by Gasteiger charge is 2.43. The first kappa shape index (κ1) is 13.6. The fourth-order valence-corrected chi connectivity index (χ4v) is 3.38. The molecule has 0 amide bonds. The lowest BCUT2D eigenvalue weighted by Crippen LogP contribution is -2.47. The molecule has 1 aliphatic rings. The van der Waals surface area contributed by atoms with Gasteiger partial charge >= 0.3 is 0 Å². The van der Waals surface area contributed by atoms with E-state index in [1.165, 1.54) is 30.4 Å². The minimum atomic E-state index is 0.408. The number of benzene rings is 1. The van der Waals surface area contributed by atoms with Crippen molar-refractivity contribution in [1.29, 1.82) is 0 Å². The third-order valence-corrected chi connectivity index (χ3v) is 4.64. The zero-order valence-corrected chi connectivity index (χ0v) is 12.3. The van der Waals surface area contributed by atoms with Gasteiger partial charge < -0.3 is 5.32 Å². The number of nitrogens with one attached hydrogen (secondary N) is 1. The van der Waals surface area contributed by atoms with Crippen LogP contribution < -0.4 is 5.32 Å². The molecule has 1 aromatic rings. The monoisotopic (exact) mass is 245 g/mol. The number of hydrogen-bond donors (Lipinski definition) is 1. The summed E-state index contributed by atoms with van der Waals surface area (Å²) in [6.45, 7) is 7.95. The van der Waals surface area contributed by atoms with Gasteiger partial charge in [-0.05, 0) is 42.9 Å². The van der Waals surface area contributed by atoms with Crippen molar-refractivity contribution in [2.75, 3.05) is 13.6 Å². The van der Waals surface area contributed by atoms with Crippen LogP contribution in [0.25, 0.3) is 0 Å². The Kier molecular flexibility index (Phi) is 4.11. The second-order valence-electron chi connectivity index (χ2n) is 6.27. The molecule has 0 heterocycles. The van der Waals surface area contributed by atoms with Gasteiger partial charge in [0.2, 0.25) is 0 Å². The number of likely N-dealkylation sites (N-methyl/N-ethyl adjacent to an activating group) is 1.